The summed E-state index contributed by atoms with van der Waals surface area (Å²) in [5.41, 5.74) is 7.06. The third-order valence-corrected chi connectivity index (χ3v) is 2.95. The van der Waals surface area contributed by atoms with Gasteiger partial charge in [-0.1, -0.05) is 6.92 Å². The minimum Gasteiger partial charge on any atom is -0.494 e. The van der Waals surface area contributed by atoms with Gasteiger partial charge in [0.2, 0.25) is 0 Å². The third kappa shape index (κ3) is 2.72. The van der Waals surface area contributed by atoms with Crippen LogP contribution in [0.15, 0.2) is 18.2 Å². The summed E-state index contributed by atoms with van der Waals surface area (Å²) in [6.07, 6.45) is 1.84. The maximum atomic E-state index is 6.18. The smallest absolute Gasteiger partial charge is 0.125 e. The standard InChI is InChI=1S/C14H21NO2/c1-4-7-16-10-5-6-13-11(8-10)12(15)9-14(2,3)17-13/h5-6,8,12H,4,7,9,15H2,1-3H3. The molecular weight excluding hydrogens is 214 g/mol. The van der Waals surface area contributed by atoms with Crippen molar-refractivity contribution in [1.82, 2.24) is 0 Å². The first kappa shape index (κ1) is 12.2. The van der Waals surface area contributed by atoms with Crippen LogP contribution >= 0.6 is 0 Å². The highest BCUT2D eigenvalue weighted by Gasteiger charge is 2.31. The van der Waals surface area contributed by atoms with Crippen LogP contribution in [0.1, 0.15) is 45.2 Å². The minimum absolute atomic E-state index is 0.0268. The Morgan fingerprint density at radius 3 is 2.94 bits per heavy atom. The molecule has 94 valence electrons. The zero-order valence-corrected chi connectivity index (χ0v) is 10.8. The van der Waals surface area contributed by atoms with E-state index in [1.54, 1.807) is 0 Å². The quantitative estimate of drug-likeness (QED) is 0.875. The molecule has 17 heavy (non-hydrogen) atoms. The Morgan fingerprint density at radius 2 is 2.24 bits per heavy atom. The number of nitrogens with two attached hydrogens (primary N) is 1. The first-order chi connectivity index (χ1) is 8.02. The lowest BCUT2D eigenvalue weighted by Crippen LogP contribution is -2.37. The van der Waals surface area contributed by atoms with Crippen LogP contribution in [0.5, 0.6) is 11.5 Å². The molecular formula is C14H21NO2. The lowest BCUT2D eigenvalue weighted by molar-refractivity contribution is 0.0726. The van der Waals surface area contributed by atoms with E-state index in [2.05, 4.69) is 20.8 Å². The third-order valence-electron chi connectivity index (χ3n) is 2.95. The lowest BCUT2D eigenvalue weighted by Gasteiger charge is -2.36. The topological polar surface area (TPSA) is 44.5 Å². The van der Waals surface area contributed by atoms with Crippen LogP contribution in [-0.4, -0.2) is 12.2 Å². The van der Waals surface area contributed by atoms with Crippen molar-refractivity contribution in [3.63, 3.8) is 0 Å². The average molecular weight is 235 g/mol. The second-order valence-electron chi connectivity index (χ2n) is 5.22. The van der Waals surface area contributed by atoms with Crippen molar-refractivity contribution in [2.45, 2.75) is 45.3 Å². The Balaban J connectivity index is 2.24. The van der Waals surface area contributed by atoms with Crippen LogP contribution in [-0.2, 0) is 0 Å². The van der Waals surface area contributed by atoms with Crippen molar-refractivity contribution in [2.24, 2.45) is 5.73 Å². The van der Waals surface area contributed by atoms with Gasteiger partial charge in [0.15, 0.2) is 0 Å². The van der Waals surface area contributed by atoms with Gasteiger partial charge in [0.1, 0.15) is 17.1 Å². The fourth-order valence-corrected chi connectivity index (χ4v) is 2.20. The average Bonchev–Trinajstić information content (AvgIpc) is 2.25. The van der Waals surface area contributed by atoms with Crippen molar-refractivity contribution in [1.29, 1.82) is 0 Å². The molecule has 3 nitrogen and oxygen atoms in total. The molecule has 1 atom stereocenters. The molecule has 0 spiro atoms. The second-order valence-corrected chi connectivity index (χ2v) is 5.22. The van der Waals surface area contributed by atoms with Gasteiger partial charge in [-0.2, -0.15) is 0 Å². The Morgan fingerprint density at radius 1 is 1.47 bits per heavy atom. The number of ether oxygens (including phenoxy) is 2. The van der Waals surface area contributed by atoms with Gasteiger partial charge in [0.25, 0.3) is 0 Å². The fraction of sp³-hybridized carbons (Fsp3) is 0.571. The summed E-state index contributed by atoms with van der Waals surface area (Å²) in [4.78, 5) is 0. The van der Waals surface area contributed by atoms with E-state index in [0.717, 1.165) is 36.5 Å². The van der Waals surface area contributed by atoms with Crippen LogP contribution in [0.3, 0.4) is 0 Å². The summed E-state index contributed by atoms with van der Waals surface area (Å²) in [7, 11) is 0. The van der Waals surface area contributed by atoms with E-state index < -0.39 is 0 Å². The SMILES string of the molecule is CCCOc1ccc2c(c1)C(N)CC(C)(C)O2. The first-order valence-corrected chi connectivity index (χ1v) is 6.23. The van der Waals surface area contributed by atoms with Gasteiger partial charge in [-0.25, -0.2) is 0 Å². The molecule has 0 saturated heterocycles. The molecule has 0 aliphatic carbocycles. The first-order valence-electron chi connectivity index (χ1n) is 6.23. The molecule has 2 rings (SSSR count). The van der Waals surface area contributed by atoms with Crippen LogP contribution in [0, 0.1) is 0 Å². The molecule has 3 heteroatoms. The molecule has 0 bridgehead atoms. The van der Waals surface area contributed by atoms with Crippen molar-refractivity contribution in [3.05, 3.63) is 23.8 Å². The van der Waals surface area contributed by atoms with Crippen LogP contribution in [0.4, 0.5) is 0 Å². The highest BCUT2D eigenvalue weighted by molar-refractivity contribution is 5.44. The summed E-state index contributed by atoms with van der Waals surface area (Å²) in [5, 5.41) is 0. The second kappa shape index (κ2) is 4.57. The summed E-state index contributed by atoms with van der Waals surface area (Å²) in [5.74, 6) is 1.77. The fourth-order valence-electron chi connectivity index (χ4n) is 2.20. The van der Waals surface area contributed by atoms with Crippen molar-refractivity contribution in [2.75, 3.05) is 6.61 Å². The molecule has 1 unspecified atom stereocenters. The van der Waals surface area contributed by atoms with Crippen molar-refractivity contribution >= 4 is 0 Å². The number of rotatable bonds is 3. The van der Waals surface area contributed by atoms with Crippen LogP contribution < -0.4 is 15.2 Å². The molecule has 2 N–H and O–H groups in total. The minimum atomic E-state index is -0.182. The zero-order chi connectivity index (χ0) is 12.5. The van der Waals surface area contributed by atoms with Gasteiger partial charge in [0.05, 0.1) is 6.61 Å². The Labute approximate surface area is 103 Å². The summed E-state index contributed by atoms with van der Waals surface area (Å²) in [6.45, 7) is 6.96. The lowest BCUT2D eigenvalue weighted by atomic mass is 9.90. The van der Waals surface area contributed by atoms with E-state index in [1.165, 1.54) is 0 Å². The van der Waals surface area contributed by atoms with E-state index in [-0.39, 0.29) is 11.6 Å². The molecule has 0 saturated carbocycles. The van der Waals surface area contributed by atoms with Crippen LogP contribution in [0.2, 0.25) is 0 Å². The number of hydrogen-bond acceptors (Lipinski definition) is 3. The van der Waals surface area contributed by atoms with Gasteiger partial charge in [-0.05, 0) is 38.5 Å². The zero-order valence-electron chi connectivity index (χ0n) is 10.8. The molecule has 1 aliphatic heterocycles. The maximum absolute atomic E-state index is 6.18. The molecule has 1 aliphatic rings. The number of hydrogen-bond donors (Lipinski definition) is 1. The molecule has 0 fully saturated rings. The van der Waals surface area contributed by atoms with E-state index in [0.29, 0.717) is 0 Å². The van der Waals surface area contributed by atoms with E-state index >= 15 is 0 Å². The monoisotopic (exact) mass is 235 g/mol. The summed E-state index contributed by atoms with van der Waals surface area (Å²) >= 11 is 0. The molecule has 0 radical (unpaired) electrons. The van der Waals surface area contributed by atoms with Gasteiger partial charge in [-0.3, -0.25) is 0 Å². The Bertz CT molecular complexity index is 401. The van der Waals surface area contributed by atoms with E-state index in [9.17, 15) is 0 Å². The highest BCUT2D eigenvalue weighted by atomic mass is 16.5. The predicted molar refractivity (Wildman–Crippen MR) is 68.5 cm³/mol. The summed E-state index contributed by atoms with van der Waals surface area (Å²) in [6, 6.07) is 5.94. The molecule has 1 aromatic carbocycles. The molecule has 0 amide bonds. The molecule has 0 aromatic heterocycles. The Kier molecular flexibility index (Phi) is 3.29. The largest absolute Gasteiger partial charge is 0.494 e. The predicted octanol–water partition coefficient (Wildman–Crippen LogP) is 3.04. The van der Waals surface area contributed by atoms with Gasteiger partial charge < -0.3 is 15.2 Å². The molecule has 1 aromatic rings. The van der Waals surface area contributed by atoms with Crippen LogP contribution in [0.25, 0.3) is 0 Å². The number of benzene rings is 1. The van der Waals surface area contributed by atoms with Crippen molar-refractivity contribution < 1.29 is 9.47 Å². The van der Waals surface area contributed by atoms with E-state index in [1.807, 2.05) is 18.2 Å². The van der Waals surface area contributed by atoms with Crippen molar-refractivity contribution in [3.8, 4) is 11.5 Å². The summed E-state index contributed by atoms with van der Waals surface area (Å²) < 4.78 is 11.5. The molecule has 1 heterocycles. The number of fused-ring (bicyclic) bond motifs is 1. The highest BCUT2D eigenvalue weighted by Crippen LogP contribution is 2.39. The van der Waals surface area contributed by atoms with Gasteiger partial charge in [0, 0.05) is 18.0 Å². The van der Waals surface area contributed by atoms with Gasteiger partial charge in [-0.15, -0.1) is 0 Å². The Hall–Kier alpha value is -1.22. The van der Waals surface area contributed by atoms with E-state index in [4.69, 9.17) is 15.2 Å². The van der Waals surface area contributed by atoms with Gasteiger partial charge >= 0.3 is 0 Å². The normalized spacial score (nSPS) is 21.5. The maximum Gasteiger partial charge on any atom is 0.125 e.